The summed E-state index contributed by atoms with van der Waals surface area (Å²) in [5, 5.41) is 11.0. The van der Waals surface area contributed by atoms with Crippen LogP contribution in [0.15, 0.2) is 36.4 Å². The number of methoxy groups -OCH3 is 1. The normalized spacial score (nSPS) is 10.8. The van der Waals surface area contributed by atoms with Crippen LogP contribution in [0, 0.1) is 0 Å². The number of rotatable bonds is 5. The highest BCUT2D eigenvalue weighted by Gasteiger charge is 2.23. The largest absolute Gasteiger partial charge is 0.495 e. The van der Waals surface area contributed by atoms with Crippen molar-refractivity contribution in [3.63, 3.8) is 0 Å². The molecule has 3 rings (SSSR count). The molecule has 0 atom stereocenters. The number of hydrogen-bond acceptors (Lipinski definition) is 3. The Morgan fingerprint density at radius 1 is 1.15 bits per heavy atom. The van der Waals surface area contributed by atoms with E-state index in [0.717, 1.165) is 0 Å². The first-order chi connectivity index (χ1) is 12.8. The molecule has 2 aromatic carbocycles. The van der Waals surface area contributed by atoms with Crippen LogP contribution in [0.3, 0.4) is 0 Å². The number of likely N-dealkylation sites (N-methyl/N-ethyl adjacent to an activating group) is 1. The van der Waals surface area contributed by atoms with E-state index in [4.69, 9.17) is 27.9 Å². The second-order valence-electron chi connectivity index (χ2n) is 5.92. The van der Waals surface area contributed by atoms with Crippen LogP contribution in [0.5, 0.6) is 5.75 Å². The molecule has 2 N–H and O–H groups in total. The van der Waals surface area contributed by atoms with Crippen molar-refractivity contribution in [1.82, 2.24) is 4.98 Å². The van der Waals surface area contributed by atoms with Crippen molar-refractivity contribution >= 4 is 51.7 Å². The van der Waals surface area contributed by atoms with Gasteiger partial charge in [0.2, 0.25) is 5.91 Å². The van der Waals surface area contributed by atoms with Crippen molar-refractivity contribution in [1.29, 1.82) is 0 Å². The van der Waals surface area contributed by atoms with Crippen molar-refractivity contribution in [2.45, 2.75) is 6.42 Å². The van der Waals surface area contributed by atoms with Crippen LogP contribution in [0.1, 0.15) is 16.1 Å². The molecule has 8 heteroatoms. The fraction of sp³-hybridized carbons (Fsp3) is 0.158. The van der Waals surface area contributed by atoms with Crippen molar-refractivity contribution in [2.24, 2.45) is 0 Å². The van der Waals surface area contributed by atoms with E-state index in [1.807, 2.05) is 0 Å². The number of H-pyrrole nitrogens is 1. The van der Waals surface area contributed by atoms with Crippen LogP contribution >= 0.6 is 23.2 Å². The highest BCUT2D eigenvalue weighted by molar-refractivity contribution is 6.31. The number of halogens is 2. The van der Waals surface area contributed by atoms with Gasteiger partial charge in [0.25, 0.3) is 0 Å². The topological polar surface area (TPSA) is 82.6 Å². The van der Waals surface area contributed by atoms with E-state index < -0.39 is 5.97 Å². The quantitative estimate of drug-likeness (QED) is 0.658. The van der Waals surface area contributed by atoms with Gasteiger partial charge in [-0.2, -0.15) is 0 Å². The van der Waals surface area contributed by atoms with E-state index in [0.29, 0.717) is 37.9 Å². The molecule has 27 heavy (non-hydrogen) atoms. The van der Waals surface area contributed by atoms with Gasteiger partial charge in [-0.15, -0.1) is 0 Å². The van der Waals surface area contributed by atoms with Gasteiger partial charge in [0.05, 0.1) is 19.2 Å². The maximum atomic E-state index is 12.9. The van der Waals surface area contributed by atoms with Gasteiger partial charge < -0.3 is 19.7 Å². The second-order valence-corrected chi connectivity index (χ2v) is 6.79. The summed E-state index contributed by atoms with van der Waals surface area (Å²) >= 11 is 12.1. The molecule has 140 valence electrons. The third kappa shape index (κ3) is 3.72. The number of anilines is 1. The number of aromatic amines is 1. The van der Waals surface area contributed by atoms with E-state index in [1.165, 1.54) is 12.0 Å². The van der Waals surface area contributed by atoms with E-state index in [2.05, 4.69) is 4.98 Å². The number of fused-ring (bicyclic) bond motifs is 1. The molecule has 0 saturated carbocycles. The Labute approximate surface area is 165 Å². The van der Waals surface area contributed by atoms with Crippen molar-refractivity contribution in [3.8, 4) is 5.75 Å². The summed E-state index contributed by atoms with van der Waals surface area (Å²) in [5.41, 5.74) is 1.43. The summed E-state index contributed by atoms with van der Waals surface area (Å²) in [6.45, 7) is 0. The van der Waals surface area contributed by atoms with Crippen molar-refractivity contribution in [3.05, 3.63) is 57.7 Å². The highest BCUT2D eigenvalue weighted by atomic mass is 35.5. The Morgan fingerprint density at radius 3 is 2.48 bits per heavy atom. The third-order valence-electron chi connectivity index (χ3n) is 4.29. The first-order valence-corrected chi connectivity index (χ1v) is 8.71. The van der Waals surface area contributed by atoms with Crippen molar-refractivity contribution < 1.29 is 19.4 Å². The Balaban J connectivity index is 2.01. The molecule has 1 amide bonds. The van der Waals surface area contributed by atoms with Gasteiger partial charge in [-0.1, -0.05) is 23.2 Å². The summed E-state index contributed by atoms with van der Waals surface area (Å²) in [7, 11) is 3.08. The summed E-state index contributed by atoms with van der Waals surface area (Å²) in [6.07, 6.45) is -0.131. The molecule has 6 nitrogen and oxygen atoms in total. The average molecular weight is 407 g/mol. The Kier molecular flexibility index (Phi) is 5.30. The minimum atomic E-state index is -1.15. The lowest BCUT2D eigenvalue weighted by Gasteiger charge is -2.20. The predicted molar refractivity (Wildman–Crippen MR) is 105 cm³/mol. The average Bonchev–Trinajstić information content (AvgIpc) is 2.99. The second kappa shape index (κ2) is 7.50. The number of ether oxygens (including phenoxy) is 1. The zero-order valence-corrected chi connectivity index (χ0v) is 16.1. The van der Waals surface area contributed by atoms with Gasteiger partial charge in [-0.3, -0.25) is 4.79 Å². The molecule has 0 unspecified atom stereocenters. The standard InChI is InChI=1S/C19H16Cl2N2O4/c1-23(15-8-11(21)4-6-16(15)27-2)17(24)9-13-12-7-10(20)3-5-14(12)22-18(13)19(25)26/h3-8,22H,9H2,1-2H3,(H,25,26). The van der Waals surface area contributed by atoms with Gasteiger partial charge in [0.15, 0.2) is 0 Å². The van der Waals surface area contributed by atoms with Gasteiger partial charge in [-0.05, 0) is 36.4 Å². The van der Waals surface area contributed by atoms with Gasteiger partial charge in [0.1, 0.15) is 11.4 Å². The summed E-state index contributed by atoms with van der Waals surface area (Å²) in [5.74, 6) is -0.984. The summed E-state index contributed by atoms with van der Waals surface area (Å²) in [6, 6.07) is 9.91. The number of hydrogen-bond donors (Lipinski definition) is 2. The first-order valence-electron chi connectivity index (χ1n) is 7.95. The van der Waals surface area contributed by atoms with Crippen LogP contribution in [0.25, 0.3) is 10.9 Å². The molecule has 0 bridgehead atoms. The number of carbonyl (C=O) groups excluding carboxylic acids is 1. The van der Waals surface area contributed by atoms with E-state index in [-0.39, 0.29) is 18.0 Å². The monoisotopic (exact) mass is 406 g/mol. The number of benzene rings is 2. The first kappa shape index (κ1) is 19.1. The van der Waals surface area contributed by atoms with Gasteiger partial charge >= 0.3 is 5.97 Å². The Bertz CT molecular complexity index is 1050. The molecule has 0 aliphatic heterocycles. The minimum absolute atomic E-state index is 0.0351. The number of aromatic carboxylic acids is 1. The maximum Gasteiger partial charge on any atom is 0.352 e. The zero-order chi connectivity index (χ0) is 19.7. The SMILES string of the molecule is COc1ccc(Cl)cc1N(C)C(=O)Cc1c(C(=O)O)[nH]c2ccc(Cl)cc12. The number of carbonyl (C=O) groups is 2. The molecule has 0 saturated heterocycles. The van der Waals surface area contributed by atoms with E-state index >= 15 is 0 Å². The van der Waals surface area contributed by atoms with E-state index in [9.17, 15) is 14.7 Å². The molecule has 3 aromatic rings. The van der Waals surface area contributed by atoms with Gasteiger partial charge in [-0.25, -0.2) is 4.79 Å². The molecular formula is C19H16Cl2N2O4. The fourth-order valence-corrected chi connectivity index (χ4v) is 3.25. The number of nitrogens with zero attached hydrogens (tertiary/aromatic N) is 1. The lowest BCUT2D eigenvalue weighted by molar-refractivity contribution is -0.117. The summed E-state index contributed by atoms with van der Waals surface area (Å²) in [4.78, 5) is 28.7. The highest BCUT2D eigenvalue weighted by Crippen LogP contribution is 2.32. The summed E-state index contributed by atoms with van der Waals surface area (Å²) < 4.78 is 5.28. The molecule has 0 aliphatic carbocycles. The van der Waals surface area contributed by atoms with Crippen LogP contribution in [0.4, 0.5) is 5.69 Å². The number of carboxylic acids is 1. The molecule has 0 radical (unpaired) electrons. The Morgan fingerprint density at radius 2 is 1.81 bits per heavy atom. The smallest absolute Gasteiger partial charge is 0.352 e. The van der Waals surface area contributed by atoms with E-state index in [1.54, 1.807) is 43.4 Å². The Hall–Kier alpha value is -2.70. The minimum Gasteiger partial charge on any atom is -0.495 e. The van der Waals surface area contributed by atoms with Crippen LogP contribution in [0.2, 0.25) is 10.0 Å². The molecule has 0 spiro atoms. The predicted octanol–water partition coefficient (Wildman–Crippen LogP) is 4.39. The molecule has 1 heterocycles. The van der Waals surface area contributed by atoms with Crippen LogP contribution < -0.4 is 9.64 Å². The molecule has 0 fully saturated rings. The van der Waals surface area contributed by atoms with Crippen molar-refractivity contribution in [2.75, 3.05) is 19.1 Å². The third-order valence-corrected chi connectivity index (χ3v) is 4.76. The maximum absolute atomic E-state index is 12.9. The number of aromatic nitrogens is 1. The lowest BCUT2D eigenvalue weighted by atomic mass is 10.1. The lowest BCUT2D eigenvalue weighted by Crippen LogP contribution is -2.28. The number of amides is 1. The molecule has 1 aromatic heterocycles. The molecular weight excluding hydrogens is 391 g/mol. The van der Waals surface area contributed by atoms with Crippen LogP contribution in [-0.4, -0.2) is 36.1 Å². The van der Waals surface area contributed by atoms with Gasteiger partial charge in [0, 0.05) is 33.6 Å². The van der Waals surface area contributed by atoms with Crippen LogP contribution in [-0.2, 0) is 11.2 Å². The number of carboxylic acid groups (broad SMARTS) is 1. The number of nitrogens with one attached hydrogen (secondary N) is 1. The fourth-order valence-electron chi connectivity index (χ4n) is 2.92. The molecule has 0 aliphatic rings. The zero-order valence-electron chi connectivity index (χ0n) is 14.5.